The number of aryl methyl sites for hydroxylation is 1. The first-order chi connectivity index (χ1) is 5.83. The van der Waals surface area contributed by atoms with Crippen LogP contribution < -0.4 is 4.74 Å². The van der Waals surface area contributed by atoms with Gasteiger partial charge in [0, 0.05) is 0 Å². The normalized spacial score (nSPS) is 9.83. The van der Waals surface area contributed by atoms with E-state index in [1.54, 1.807) is 0 Å². The van der Waals surface area contributed by atoms with E-state index in [0.717, 1.165) is 24.5 Å². The SMILES string of the molecule is Cc1ccc(OCCCS)cc1. The molecule has 0 amide bonds. The van der Waals surface area contributed by atoms with Crippen molar-refractivity contribution in [3.05, 3.63) is 29.8 Å². The molecule has 0 fully saturated rings. The number of benzene rings is 1. The number of thiol groups is 1. The Labute approximate surface area is 79.2 Å². The van der Waals surface area contributed by atoms with Gasteiger partial charge in [-0.05, 0) is 31.2 Å². The van der Waals surface area contributed by atoms with Gasteiger partial charge >= 0.3 is 0 Å². The fourth-order valence-electron chi connectivity index (χ4n) is 0.889. The summed E-state index contributed by atoms with van der Waals surface area (Å²) in [6.45, 7) is 2.82. The van der Waals surface area contributed by atoms with Gasteiger partial charge in [-0.25, -0.2) is 0 Å². The first-order valence-corrected chi connectivity index (χ1v) is 4.76. The van der Waals surface area contributed by atoms with Crippen LogP contribution >= 0.6 is 12.6 Å². The van der Waals surface area contributed by atoms with Crippen LogP contribution in [0.15, 0.2) is 24.3 Å². The molecule has 1 aromatic carbocycles. The summed E-state index contributed by atoms with van der Waals surface area (Å²) in [7, 11) is 0. The summed E-state index contributed by atoms with van der Waals surface area (Å²) >= 11 is 4.10. The van der Waals surface area contributed by atoms with E-state index in [9.17, 15) is 0 Å². The molecule has 0 saturated heterocycles. The predicted octanol–water partition coefficient (Wildman–Crippen LogP) is 2.69. The van der Waals surface area contributed by atoms with Gasteiger partial charge in [0.2, 0.25) is 0 Å². The summed E-state index contributed by atoms with van der Waals surface area (Å²) in [6.07, 6.45) is 0.997. The highest BCUT2D eigenvalue weighted by Crippen LogP contribution is 2.11. The minimum Gasteiger partial charge on any atom is -0.494 e. The maximum absolute atomic E-state index is 5.45. The van der Waals surface area contributed by atoms with Crippen LogP contribution in [0.2, 0.25) is 0 Å². The van der Waals surface area contributed by atoms with Crippen LogP contribution in [0.3, 0.4) is 0 Å². The second-order valence-electron chi connectivity index (χ2n) is 2.74. The quantitative estimate of drug-likeness (QED) is 0.556. The molecular formula is C10H14OS. The molecule has 0 aromatic heterocycles. The van der Waals surface area contributed by atoms with Crippen molar-refractivity contribution in [2.75, 3.05) is 12.4 Å². The summed E-state index contributed by atoms with van der Waals surface area (Å²) in [5.74, 6) is 1.83. The van der Waals surface area contributed by atoms with E-state index in [-0.39, 0.29) is 0 Å². The molecule has 0 aliphatic rings. The highest BCUT2D eigenvalue weighted by Gasteiger charge is 1.91. The monoisotopic (exact) mass is 182 g/mol. The van der Waals surface area contributed by atoms with E-state index in [1.807, 2.05) is 12.1 Å². The molecule has 0 bridgehead atoms. The van der Waals surface area contributed by atoms with Crippen molar-refractivity contribution in [2.45, 2.75) is 13.3 Å². The standard InChI is InChI=1S/C10H14OS/c1-9-3-5-10(6-4-9)11-7-2-8-12/h3-6,12H,2,7-8H2,1H3. The molecule has 1 aromatic rings. The third-order valence-electron chi connectivity index (χ3n) is 1.59. The largest absolute Gasteiger partial charge is 0.494 e. The molecule has 0 unspecified atom stereocenters. The molecule has 0 spiro atoms. The zero-order chi connectivity index (χ0) is 8.81. The van der Waals surface area contributed by atoms with Gasteiger partial charge in [-0.15, -0.1) is 0 Å². The van der Waals surface area contributed by atoms with Crippen LogP contribution in [-0.2, 0) is 0 Å². The van der Waals surface area contributed by atoms with E-state index >= 15 is 0 Å². The number of hydrogen-bond acceptors (Lipinski definition) is 2. The molecule has 66 valence electrons. The summed E-state index contributed by atoms with van der Waals surface area (Å²) in [5.41, 5.74) is 1.26. The Kier molecular flexibility index (Phi) is 4.01. The van der Waals surface area contributed by atoms with E-state index in [0.29, 0.717) is 0 Å². The maximum atomic E-state index is 5.45. The Morgan fingerprint density at radius 3 is 2.50 bits per heavy atom. The molecule has 0 heterocycles. The lowest BCUT2D eigenvalue weighted by Crippen LogP contribution is -1.97. The molecule has 0 saturated carbocycles. The van der Waals surface area contributed by atoms with Crippen LogP contribution in [0.4, 0.5) is 0 Å². The van der Waals surface area contributed by atoms with Crippen molar-refractivity contribution >= 4 is 12.6 Å². The minimum absolute atomic E-state index is 0.757. The predicted molar refractivity (Wildman–Crippen MR) is 55.1 cm³/mol. The Morgan fingerprint density at radius 2 is 1.92 bits per heavy atom. The van der Waals surface area contributed by atoms with Crippen LogP contribution in [0.1, 0.15) is 12.0 Å². The van der Waals surface area contributed by atoms with Gasteiger partial charge in [-0.1, -0.05) is 17.7 Å². The molecule has 0 aliphatic heterocycles. The number of hydrogen-bond donors (Lipinski definition) is 1. The van der Waals surface area contributed by atoms with Crippen LogP contribution in [-0.4, -0.2) is 12.4 Å². The lowest BCUT2D eigenvalue weighted by molar-refractivity contribution is 0.319. The highest BCUT2D eigenvalue weighted by atomic mass is 32.1. The van der Waals surface area contributed by atoms with Crippen molar-refractivity contribution in [1.29, 1.82) is 0 Å². The lowest BCUT2D eigenvalue weighted by Gasteiger charge is -2.04. The fraction of sp³-hybridized carbons (Fsp3) is 0.400. The Balaban J connectivity index is 2.37. The molecule has 1 nitrogen and oxygen atoms in total. The zero-order valence-corrected chi connectivity index (χ0v) is 8.18. The van der Waals surface area contributed by atoms with Gasteiger partial charge in [0.15, 0.2) is 0 Å². The Morgan fingerprint density at radius 1 is 1.25 bits per heavy atom. The average Bonchev–Trinajstić information content (AvgIpc) is 2.09. The molecule has 1 rings (SSSR count). The van der Waals surface area contributed by atoms with E-state index in [2.05, 4.69) is 31.7 Å². The van der Waals surface area contributed by atoms with Gasteiger partial charge in [0.1, 0.15) is 5.75 Å². The van der Waals surface area contributed by atoms with Gasteiger partial charge in [0.05, 0.1) is 6.61 Å². The van der Waals surface area contributed by atoms with Gasteiger partial charge in [-0.2, -0.15) is 12.6 Å². The topological polar surface area (TPSA) is 9.23 Å². The molecule has 0 N–H and O–H groups in total. The van der Waals surface area contributed by atoms with Gasteiger partial charge in [0.25, 0.3) is 0 Å². The minimum atomic E-state index is 0.757. The van der Waals surface area contributed by atoms with Crippen molar-refractivity contribution < 1.29 is 4.74 Å². The number of ether oxygens (including phenoxy) is 1. The summed E-state index contributed by atoms with van der Waals surface area (Å²) in [4.78, 5) is 0. The average molecular weight is 182 g/mol. The highest BCUT2D eigenvalue weighted by molar-refractivity contribution is 7.80. The van der Waals surface area contributed by atoms with Crippen LogP contribution in [0.25, 0.3) is 0 Å². The van der Waals surface area contributed by atoms with Gasteiger partial charge in [-0.3, -0.25) is 0 Å². The Hall–Kier alpha value is -0.630. The van der Waals surface area contributed by atoms with E-state index < -0.39 is 0 Å². The molecule has 2 heteroatoms. The Bertz CT molecular complexity index is 218. The summed E-state index contributed by atoms with van der Waals surface area (Å²) in [5, 5.41) is 0. The molecular weight excluding hydrogens is 168 g/mol. The smallest absolute Gasteiger partial charge is 0.119 e. The van der Waals surface area contributed by atoms with E-state index in [4.69, 9.17) is 4.74 Å². The summed E-state index contributed by atoms with van der Waals surface area (Å²) in [6, 6.07) is 8.09. The number of rotatable bonds is 4. The van der Waals surface area contributed by atoms with Crippen molar-refractivity contribution in [1.82, 2.24) is 0 Å². The molecule has 0 aliphatic carbocycles. The molecule has 12 heavy (non-hydrogen) atoms. The first kappa shape index (κ1) is 9.46. The first-order valence-electron chi connectivity index (χ1n) is 4.13. The second kappa shape index (κ2) is 5.09. The third kappa shape index (κ3) is 3.18. The van der Waals surface area contributed by atoms with Crippen molar-refractivity contribution in [2.24, 2.45) is 0 Å². The lowest BCUT2D eigenvalue weighted by atomic mass is 10.2. The summed E-state index contributed by atoms with van der Waals surface area (Å²) < 4.78 is 5.45. The second-order valence-corrected chi connectivity index (χ2v) is 3.19. The van der Waals surface area contributed by atoms with Crippen LogP contribution in [0, 0.1) is 6.92 Å². The molecule has 0 radical (unpaired) electrons. The third-order valence-corrected chi connectivity index (χ3v) is 1.91. The zero-order valence-electron chi connectivity index (χ0n) is 7.29. The van der Waals surface area contributed by atoms with Crippen molar-refractivity contribution in [3.8, 4) is 5.75 Å². The fourth-order valence-corrected chi connectivity index (χ4v) is 1.02. The maximum Gasteiger partial charge on any atom is 0.119 e. The van der Waals surface area contributed by atoms with E-state index in [1.165, 1.54) is 5.56 Å². The van der Waals surface area contributed by atoms with Crippen molar-refractivity contribution in [3.63, 3.8) is 0 Å². The molecule has 0 atom stereocenters. The van der Waals surface area contributed by atoms with Gasteiger partial charge < -0.3 is 4.74 Å². The van der Waals surface area contributed by atoms with Crippen LogP contribution in [0.5, 0.6) is 5.75 Å².